The van der Waals surface area contributed by atoms with Gasteiger partial charge in [0.15, 0.2) is 5.16 Å². The molecule has 0 N–H and O–H groups in total. The Bertz CT molecular complexity index is 383. The molecule has 0 amide bonds. The number of rotatable bonds is 2. The van der Waals surface area contributed by atoms with E-state index in [9.17, 15) is 0 Å². The van der Waals surface area contributed by atoms with Crippen molar-refractivity contribution < 1.29 is 0 Å². The number of thioether (sulfide) groups is 1. The normalized spacial score (nSPS) is 15.4. The Morgan fingerprint density at radius 2 is 2.36 bits per heavy atom. The van der Waals surface area contributed by atoms with Gasteiger partial charge in [0, 0.05) is 6.20 Å². The van der Waals surface area contributed by atoms with Crippen molar-refractivity contribution in [2.75, 3.05) is 6.26 Å². The first-order chi connectivity index (χ1) is 6.90. The van der Waals surface area contributed by atoms with Gasteiger partial charge in [-0.3, -0.25) is 0 Å². The zero-order valence-electron chi connectivity index (χ0n) is 7.97. The molecule has 0 saturated heterocycles. The zero-order valence-corrected chi connectivity index (χ0v) is 8.79. The molecule has 2 nitrogen and oxygen atoms in total. The van der Waals surface area contributed by atoms with Gasteiger partial charge in [-0.05, 0) is 30.7 Å². The predicted octanol–water partition coefficient (Wildman–Crippen LogP) is 2.75. The molecule has 1 radical (unpaired) electrons. The molecule has 14 heavy (non-hydrogen) atoms. The van der Waals surface area contributed by atoms with E-state index in [-0.39, 0.29) is 0 Å². The van der Waals surface area contributed by atoms with Gasteiger partial charge in [0.25, 0.3) is 0 Å². The minimum atomic E-state index is 0.825. The summed E-state index contributed by atoms with van der Waals surface area (Å²) in [4.78, 5) is 8.58. The highest BCUT2D eigenvalue weighted by Gasteiger charge is 2.05. The Morgan fingerprint density at radius 1 is 1.43 bits per heavy atom. The van der Waals surface area contributed by atoms with Gasteiger partial charge in [0.1, 0.15) is 0 Å². The van der Waals surface area contributed by atoms with Gasteiger partial charge >= 0.3 is 0 Å². The van der Waals surface area contributed by atoms with Crippen molar-refractivity contribution in [1.29, 1.82) is 0 Å². The maximum absolute atomic E-state index is 4.43. The lowest BCUT2D eigenvalue weighted by Gasteiger charge is -2.07. The van der Waals surface area contributed by atoms with E-state index in [1.807, 2.05) is 12.3 Å². The van der Waals surface area contributed by atoms with Gasteiger partial charge < -0.3 is 0 Å². The molecule has 2 rings (SSSR count). The van der Waals surface area contributed by atoms with Crippen molar-refractivity contribution in [3.8, 4) is 0 Å². The predicted molar refractivity (Wildman–Crippen MR) is 59.8 cm³/mol. The molecular weight excluding hydrogens is 192 g/mol. The van der Waals surface area contributed by atoms with Crippen LogP contribution in [0.5, 0.6) is 0 Å². The van der Waals surface area contributed by atoms with Crippen LogP contribution in [-0.2, 0) is 0 Å². The Labute approximate surface area is 88.2 Å². The van der Waals surface area contributed by atoms with Crippen molar-refractivity contribution in [1.82, 2.24) is 9.97 Å². The third kappa shape index (κ3) is 2.04. The van der Waals surface area contributed by atoms with Gasteiger partial charge in [-0.2, -0.15) is 0 Å². The summed E-state index contributed by atoms with van der Waals surface area (Å²) >= 11 is 1.57. The van der Waals surface area contributed by atoms with E-state index in [1.54, 1.807) is 18.0 Å². The maximum atomic E-state index is 4.43. The fourth-order valence-electron chi connectivity index (χ4n) is 1.30. The SMILES string of the molecule is CSc1nccc(C2=CC=CC[CH]2)n1. The van der Waals surface area contributed by atoms with Crippen LogP contribution in [0.1, 0.15) is 12.1 Å². The summed E-state index contributed by atoms with van der Waals surface area (Å²) in [6.07, 6.45) is 13.2. The van der Waals surface area contributed by atoms with E-state index in [2.05, 4.69) is 34.6 Å². The van der Waals surface area contributed by atoms with Gasteiger partial charge in [-0.15, -0.1) is 0 Å². The molecule has 1 aliphatic rings. The van der Waals surface area contributed by atoms with Crippen LogP contribution in [0, 0.1) is 6.42 Å². The highest BCUT2D eigenvalue weighted by atomic mass is 32.2. The lowest BCUT2D eigenvalue weighted by Crippen LogP contribution is -1.95. The molecule has 0 bridgehead atoms. The van der Waals surface area contributed by atoms with Crippen molar-refractivity contribution in [3.63, 3.8) is 0 Å². The quantitative estimate of drug-likeness (QED) is 0.546. The summed E-state index contributed by atoms with van der Waals surface area (Å²) in [6, 6.07) is 1.95. The highest BCUT2D eigenvalue weighted by Crippen LogP contribution is 2.21. The van der Waals surface area contributed by atoms with E-state index in [0.717, 1.165) is 17.3 Å². The lowest BCUT2D eigenvalue weighted by molar-refractivity contribution is 0.954. The van der Waals surface area contributed by atoms with E-state index in [4.69, 9.17) is 0 Å². The van der Waals surface area contributed by atoms with Crippen LogP contribution >= 0.6 is 11.8 Å². The fourth-order valence-corrected chi connectivity index (χ4v) is 1.66. The van der Waals surface area contributed by atoms with E-state index >= 15 is 0 Å². The van der Waals surface area contributed by atoms with Gasteiger partial charge in [0.05, 0.1) is 5.69 Å². The lowest BCUT2D eigenvalue weighted by atomic mass is 10.0. The molecule has 1 aromatic rings. The molecule has 1 aliphatic carbocycles. The summed E-state index contributed by atoms with van der Waals surface area (Å²) in [5.74, 6) is 0. The molecule has 1 aromatic heterocycles. The smallest absolute Gasteiger partial charge is 0.187 e. The van der Waals surface area contributed by atoms with Crippen LogP contribution in [0.3, 0.4) is 0 Å². The standard InChI is InChI=1S/C11H11N2S/c1-14-11-12-8-7-10(13-11)9-5-3-2-4-6-9/h2-3,5-8H,4H2,1H3. The summed E-state index contributed by atoms with van der Waals surface area (Å²) in [5.41, 5.74) is 2.19. The van der Waals surface area contributed by atoms with E-state index in [1.165, 1.54) is 5.57 Å². The second-order valence-electron chi connectivity index (χ2n) is 2.92. The van der Waals surface area contributed by atoms with E-state index < -0.39 is 0 Å². The first kappa shape index (κ1) is 9.46. The highest BCUT2D eigenvalue weighted by molar-refractivity contribution is 7.98. The number of nitrogens with zero attached hydrogens (tertiary/aromatic N) is 2. The van der Waals surface area contributed by atoms with Crippen molar-refractivity contribution >= 4 is 17.3 Å². The first-order valence-electron chi connectivity index (χ1n) is 4.47. The molecule has 1 heterocycles. The van der Waals surface area contributed by atoms with Crippen LogP contribution in [0.15, 0.2) is 35.6 Å². The zero-order chi connectivity index (χ0) is 9.80. The molecule has 0 aliphatic heterocycles. The Hall–Kier alpha value is -1.09. The molecule has 3 heteroatoms. The molecule has 0 spiro atoms. The average Bonchev–Trinajstić information content (AvgIpc) is 2.30. The average molecular weight is 203 g/mol. The van der Waals surface area contributed by atoms with Crippen LogP contribution in [-0.4, -0.2) is 16.2 Å². The number of allylic oxidation sites excluding steroid dienone is 4. The Balaban J connectivity index is 2.31. The van der Waals surface area contributed by atoms with Crippen LogP contribution in [0.25, 0.3) is 5.57 Å². The summed E-state index contributed by atoms with van der Waals surface area (Å²) in [5, 5.41) is 0.825. The van der Waals surface area contributed by atoms with Crippen LogP contribution in [0.2, 0.25) is 0 Å². The maximum Gasteiger partial charge on any atom is 0.187 e. The summed E-state index contributed by atoms with van der Waals surface area (Å²) < 4.78 is 0. The van der Waals surface area contributed by atoms with Gasteiger partial charge in [-0.1, -0.05) is 30.0 Å². The summed E-state index contributed by atoms with van der Waals surface area (Å²) in [6.45, 7) is 0. The second kappa shape index (κ2) is 4.42. The molecule has 0 saturated carbocycles. The first-order valence-corrected chi connectivity index (χ1v) is 5.70. The largest absolute Gasteiger partial charge is 0.231 e. The topological polar surface area (TPSA) is 25.8 Å². The van der Waals surface area contributed by atoms with Crippen LogP contribution < -0.4 is 0 Å². The van der Waals surface area contributed by atoms with Crippen molar-refractivity contribution in [3.05, 3.63) is 42.6 Å². The molecule has 0 unspecified atom stereocenters. The third-order valence-electron chi connectivity index (χ3n) is 2.00. The monoisotopic (exact) mass is 203 g/mol. The summed E-state index contributed by atoms with van der Waals surface area (Å²) in [7, 11) is 0. The third-order valence-corrected chi connectivity index (χ3v) is 2.56. The van der Waals surface area contributed by atoms with E-state index in [0.29, 0.717) is 0 Å². The Morgan fingerprint density at radius 3 is 3.07 bits per heavy atom. The Kier molecular flexibility index (Phi) is 2.99. The second-order valence-corrected chi connectivity index (χ2v) is 3.69. The van der Waals surface area contributed by atoms with Crippen molar-refractivity contribution in [2.45, 2.75) is 11.6 Å². The number of aromatic nitrogens is 2. The van der Waals surface area contributed by atoms with Crippen molar-refractivity contribution in [2.24, 2.45) is 0 Å². The van der Waals surface area contributed by atoms with Gasteiger partial charge in [0.2, 0.25) is 0 Å². The molecule has 0 atom stereocenters. The molecule has 71 valence electrons. The molecule has 0 aromatic carbocycles. The minimum absolute atomic E-state index is 0.825. The minimum Gasteiger partial charge on any atom is -0.231 e. The molecular formula is C11H11N2S. The number of hydrogen-bond acceptors (Lipinski definition) is 3. The molecule has 0 fully saturated rings. The van der Waals surface area contributed by atoms with Crippen LogP contribution in [0.4, 0.5) is 0 Å². The van der Waals surface area contributed by atoms with Gasteiger partial charge in [-0.25, -0.2) is 9.97 Å². The fraction of sp³-hybridized carbons (Fsp3) is 0.182. The number of hydrogen-bond donors (Lipinski definition) is 0.